The highest BCUT2D eigenvalue weighted by Crippen LogP contribution is 2.23. The van der Waals surface area contributed by atoms with E-state index in [1.54, 1.807) is 6.92 Å². The number of carboxylic acid groups (broad SMARTS) is 1. The van der Waals surface area contributed by atoms with Crippen molar-refractivity contribution in [2.24, 2.45) is 11.8 Å². The maximum atomic E-state index is 11.7. The van der Waals surface area contributed by atoms with Crippen LogP contribution in [-0.2, 0) is 9.59 Å². The van der Waals surface area contributed by atoms with Crippen LogP contribution in [0.5, 0.6) is 0 Å². The number of hydrogen-bond acceptors (Lipinski definition) is 3. The molecule has 0 aromatic rings. The highest BCUT2D eigenvalue weighted by Gasteiger charge is 2.35. The maximum absolute atomic E-state index is 11.7. The number of carbonyl (C=O) groups excluding carboxylic acids is 1. The van der Waals surface area contributed by atoms with Gasteiger partial charge in [-0.15, -0.1) is 0 Å². The van der Waals surface area contributed by atoms with Crippen molar-refractivity contribution < 1.29 is 14.7 Å². The molecule has 1 amide bonds. The van der Waals surface area contributed by atoms with Crippen molar-refractivity contribution in [3.8, 4) is 0 Å². The largest absolute Gasteiger partial charge is 0.481 e. The molecule has 1 saturated heterocycles. The third-order valence-corrected chi connectivity index (χ3v) is 3.80. The molecule has 0 bridgehead atoms. The highest BCUT2D eigenvalue weighted by molar-refractivity contribution is 5.78. The fraction of sp³-hybridized carbons (Fsp3) is 0.846. The second-order valence-electron chi connectivity index (χ2n) is 5.16. The molecule has 1 aliphatic rings. The number of nitrogens with zero attached hydrogens (tertiary/aromatic N) is 1. The van der Waals surface area contributed by atoms with E-state index in [1.807, 2.05) is 4.90 Å². The van der Waals surface area contributed by atoms with Gasteiger partial charge in [0, 0.05) is 19.1 Å². The van der Waals surface area contributed by atoms with Crippen molar-refractivity contribution in [3.05, 3.63) is 0 Å². The molecule has 0 aromatic carbocycles. The number of nitrogens with one attached hydrogen (secondary N) is 1. The fourth-order valence-corrected chi connectivity index (χ4v) is 2.23. The second-order valence-corrected chi connectivity index (χ2v) is 5.16. The predicted molar refractivity (Wildman–Crippen MR) is 69.2 cm³/mol. The fourth-order valence-electron chi connectivity index (χ4n) is 2.23. The third kappa shape index (κ3) is 3.98. The third-order valence-electron chi connectivity index (χ3n) is 3.80. The van der Waals surface area contributed by atoms with Gasteiger partial charge in [-0.25, -0.2) is 0 Å². The topological polar surface area (TPSA) is 69.6 Å². The van der Waals surface area contributed by atoms with E-state index in [0.717, 1.165) is 12.8 Å². The Labute approximate surface area is 109 Å². The zero-order valence-corrected chi connectivity index (χ0v) is 11.5. The molecule has 0 aliphatic carbocycles. The van der Waals surface area contributed by atoms with E-state index in [2.05, 4.69) is 19.2 Å². The van der Waals surface area contributed by atoms with Gasteiger partial charge in [-0.1, -0.05) is 20.8 Å². The van der Waals surface area contributed by atoms with Crippen LogP contribution in [0.2, 0.25) is 0 Å². The number of amides is 1. The zero-order valence-electron chi connectivity index (χ0n) is 11.5. The van der Waals surface area contributed by atoms with E-state index in [1.165, 1.54) is 0 Å². The molecule has 0 spiro atoms. The summed E-state index contributed by atoms with van der Waals surface area (Å²) in [7, 11) is 0. The molecule has 0 saturated carbocycles. The molecule has 1 fully saturated rings. The van der Waals surface area contributed by atoms with E-state index >= 15 is 0 Å². The van der Waals surface area contributed by atoms with Gasteiger partial charge in [-0.2, -0.15) is 0 Å². The minimum atomic E-state index is -0.749. The van der Waals surface area contributed by atoms with Crippen molar-refractivity contribution >= 4 is 11.9 Å². The number of carbonyl (C=O) groups is 2. The lowest BCUT2D eigenvalue weighted by Crippen LogP contribution is -2.54. The number of rotatable bonds is 7. The Hall–Kier alpha value is -1.10. The lowest BCUT2D eigenvalue weighted by atomic mass is 9.87. The lowest BCUT2D eigenvalue weighted by molar-refractivity contribution is -0.145. The average molecular weight is 256 g/mol. The Bertz CT molecular complexity index is 297. The first-order chi connectivity index (χ1) is 8.47. The molecule has 1 heterocycles. The van der Waals surface area contributed by atoms with Crippen molar-refractivity contribution in [1.29, 1.82) is 0 Å². The van der Waals surface area contributed by atoms with Gasteiger partial charge in [0.25, 0.3) is 0 Å². The molecule has 0 radical (unpaired) electrons. The van der Waals surface area contributed by atoms with Crippen LogP contribution in [0.3, 0.4) is 0 Å². The SMILES string of the molecule is CCC(CC)NC(=O)CN1CC(C(C)C(=O)O)C1. The average Bonchev–Trinajstić information content (AvgIpc) is 2.29. The molecule has 1 rings (SSSR count). The van der Waals surface area contributed by atoms with E-state index in [9.17, 15) is 9.59 Å². The Morgan fingerprint density at radius 3 is 2.33 bits per heavy atom. The summed E-state index contributed by atoms with van der Waals surface area (Å²) in [4.78, 5) is 24.5. The Morgan fingerprint density at radius 2 is 1.89 bits per heavy atom. The van der Waals surface area contributed by atoms with Crippen molar-refractivity contribution in [2.75, 3.05) is 19.6 Å². The normalized spacial score (nSPS) is 18.4. The summed E-state index contributed by atoms with van der Waals surface area (Å²) in [5, 5.41) is 11.9. The van der Waals surface area contributed by atoms with Crippen molar-refractivity contribution in [1.82, 2.24) is 10.2 Å². The quantitative estimate of drug-likeness (QED) is 0.711. The number of aliphatic carboxylic acids is 1. The standard InChI is InChI=1S/C13H24N2O3/c1-4-11(5-2)14-12(16)8-15-6-10(7-15)9(3)13(17)18/h9-11H,4-8H2,1-3H3,(H,14,16)(H,17,18). The van der Waals surface area contributed by atoms with Crippen molar-refractivity contribution in [2.45, 2.75) is 39.7 Å². The summed E-state index contributed by atoms with van der Waals surface area (Å²) in [5.41, 5.74) is 0. The molecule has 18 heavy (non-hydrogen) atoms. The molecule has 104 valence electrons. The lowest BCUT2D eigenvalue weighted by Gasteiger charge is -2.40. The highest BCUT2D eigenvalue weighted by atomic mass is 16.4. The van der Waals surface area contributed by atoms with Gasteiger partial charge in [-0.05, 0) is 18.8 Å². The van der Waals surface area contributed by atoms with Crippen LogP contribution in [-0.4, -0.2) is 47.6 Å². The minimum Gasteiger partial charge on any atom is -0.481 e. The van der Waals surface area contributed by atoms with Crippen LogP contribution in [0.4, 0.5) is 0 Å². The molecular weight excluding hydrogens is 232 g/mol. The Kier molecular flexibility index (Phi) is 5.59. The number of carboxylic acids is 1. The van der Waals surface area contributed by atoms with Gasteiger partial charge < -0.3 is 10.4 Å². The minimum absolute atomic E-state index is 0.0464. The van der Waals surface area contributed by atoms with Crippen molar-refractivity contribution in [3.63, 3.8) is 0 Å². The summed E-state index contributed by atoms with van der Waals surface area (Å²) < 4.78 is 0. The summed E-state index contributed by atoms with van der Waals surface area (Å²) >= 11 is 0. The summed E-state index contributed by atoms with van der Waals surface area (Å²) in [6, 6.07) is 0.257. The Morgan fingerprint density at radius 1 is 1.33 bits per heavy atom. The van der Waals surface area contributed by atoms with E-state index in [0.29, 0.717) is 19.6 Å². The smallest absolute Gasteiger partial charge is 0.306 e. The van der Waals surface area contributed by atoms with Gasteiger partial charge in [0.05, 0.1) is 12.5 Å². The van der Waals surface area contributed by atoms with Crippen LogP contribution in [0.1, 0.15) is 33.6 Å². The Balaban J connectivity index is 2.23. The summed E-state index contributed by atoms with van der Waals surface area (Å²) in [5.74, 6) is -0.835. The monoisotopic (exact) mass is 256 g/mol. The maximum Gasteiger partial charge on any atom is 0.306 e. The molecular formula is C13H24N2O3. The number of hydrogen-bond donors (Lipinski definition) is 2. The van der Waals surface area contributed by atoms with Gasteiger partial charge in [0.1, 0.15) is 0 Å². The molecule has 2 N–H and O–H groups in total. The molecule has 5 nitrogen and oxygen atoms in total. The van der Waals surface area contributed by atoms with Gasteiger partial charge in [-0.3, -0.25) is 14.5 Å². The van der Waals surface area contributed by atoms with Crippen LogP contribution < -0.4 is 5.32 Å². The first-order valence-corrected chi connectivity index (χ1v) is 6.72. The predicted octanol–water partition coefficient (Wildman–Crippen LogP) is 0.944. The molecule has 5 heteroatoms. The summed E-state index contributed by atoms with van der Waals surface area (Å²) in [6.45, 7) is 7.66. The van der Waals surface area contributed by atoms with Gasteiger partial charge in [0.15, 0.2) is 0 Å². The van der Waals surface area contributed by atoms with Crippen LogP contribution in [0.25, 0.3) is 0 Å². The first kappa shape index (κ1) is 15.0. The molecule has 1 aliphatic heterocycles. The molecule has 1 unspecified atom stereocenters. The number of likely N-dealkylation sites (tertiary alicyclic amines) is 1. The van der Waals surface area contributed by atoms with Crippen LogP contribution >= 0.6 is 0 Å². The van der Waals surface area contributed by atoms with Crippen LogP contribution in [0, 0.1) is 11.8 Å². The molecule has 1 atom stereocenters. The van der Waals surface area contributed by atoms with Gasteiger partial charge in [0.2, 0.25) is 5.91 Å². The zero-order chi connectivity index (χ0) is 13.7. The first-order valence-electron chi connectivity index (χ1n) is 6.72. The van der Waals surface area contributed by atoms with Gasteiger partial charge >= 0.3 is 5.97 Å². The van der Waals surface area contributed by atoms with E-state index in [4.69, 9.17) is 5.11 Å². The van der Waals surface area contributed by atoms with Crippen LogP contribution in [0.15, 0.2) is 0 Å². The second kappa shape index (κ2) is 6.73. The van der Waals surface area contributed by atoms with E-state index in [-0.39, 0.29) is 23.8 Å². The molecule has 0 aromatic heterocycles. The van der Waals surface area contributed by atoms with E-state index < -0.39 is 5.97 Å². The summed E-state index contributed by atoms with van der Waals surface area (Å²) in [6.07, 6.45) is 1.89.